The fraction of sp³-hybridized carbons (Fsp3) is 0.0556. The molecule has 0 saturated carbocycles. The van der Waals surface area contributed by atoms with Crippen molar-refractivity contribution in [3.8, 4) is 0 Å². The molecule has 0 amide bonds. The topological polar surface area (TPSA) is 49.9 Å². The van der Waals surface area contributed by atoms with E-state index >= 15 is 0 Å². The second-order valence-electron chi connectivity index (χ2n) is 5.00. The van der Waals surface area contributed by atoms with Gasteiger partial charge in [0.2, 0.25) is 0 Å². The van der Waals surface area contributed by atoms with E-state index in [2.05, 4.69) is 48.5 Å². The Morgan fingerprint density at radius 1 is 0.905 bits per heavy atom. The van der Waals surface area contributed by atoms with Gasteiger partial charge in [0, 0.05) is 15.4 Å². The van der Waals surface area contributed by atoms with Crippen LogP contribution in [0, 0.1) is 12.3 Å². The van der Waals surface area contributed by atoms with E-state index < -0.39 is 0 Å². The van der Waals surface area contributed by atoms with Gasteiger partial charge in [0.1, 0.15) is 5.84 Å². The lowest BCUT2D eigenvalue weighted by atomic mass is 10.1. The number of fused-ring (bicyclic) bond motifs is 1. The van der Waals surface area contributed by atoms with Crippen LogP contribution in [0.5, 0.6) is 0 Å². The molecular formula is C18H16N2S. The molecule has 3 heteroatoms. The predicted molar refractivity (Wildman–Crippen MR) is 90.3 cm³/mol. The molecule has 2 nitrogen and oxygen atoms in total. The standard InChI is InChI=1S/C18H16N2S/c1-12-10-15(8-9-17(12)18(19)20)21-16-7-6-13-4-2-3-5-14(13)11-16/h2-11H,1H3,(H3,19,20). The Labute approximate surface area is 128 Å². The second-order valence-corrected chi connectivity index (χ2v) is 6.15. The average molecular weight is 292 g/mol. The van der Waals surface area contributed by atoms with Gasteiger partial charge in [-0.15, -0.1) is 0 Å². The lowest BCUT2D eigenvalue weighted by Gasteiger charge is -2.08. The van der Waals surface area contributed by atoms with Crippen LogP contribution in [0.15, 0.2) is 70.5 Å². The molecule has 0 heterocycles. The quantitative estimate of drug-likeness (QED) is 0.548. The summed E-state index contributed by atoms with van der Waals surface area (Å²) in [5.74, 6) is 0.120. The summed E-state index contributed by atoms with van der Waals surface area (Å²) in [6.07, 6.45) is 0. The van der Waals surface area contributed by atoms with Crippen molar-refractivity contribution in [3.05, 3.63) is 71.8 Å². The van der Waals surface area contributed by atoms with Crippen molar-refractivity contribution in [2.24, 2.45) is 5.73 Å². The largest absolute Gasteiger partial charge is 0.384 e. The zero-order valence-corrected chi connectivity index (χ0v) is 12.6. The molecule has 3 rings (SSSR count). The van der Waals surface area contributed by atoms with E-state index in [1.165, 1.54) is 15.7 Å². The maximum absolute atomic E-state index is 7.53. The highest BCUT2D eigenvalue weighted by Crippen LogP contribution is 2.31. The van der Waals surface area contributed by atoms with Crippen molar-refractivity contribution in [3.63, 3.8) is 0 Å². The van der Waals surface area contributed by atoms with E-state index in [-0.39, 0.29) is 5.84 Å². The Bertz CT molecular complexity index is 824. The van der Waals surface area contributed by atoms with E-state index in [0.29, 0.717) is 0 Å². The maximum Gasteiger partial charge on any atom is 0.123 e. The van der Waals surface area contributed by atoms with E-state index in [4.69, 9.17) is 11.1 Å². The lowest BCUT2D eigenvalue weighted by Crippen LogP contribution is -2.12. The molecule has 104 valence electrons. The summed E-state index contributed by atoms with van der Waals surface area (Å²) in [4.78, 5) is 2.37. The third-order valence-corrected chi connectivity index (χ3v) is 4.42. The van der Waals surface area contributed by atoms with Crippen molar-refractivity contribution in [1.82, 2.24) is 0 Å². The van der Waals surface area contributed by atoms with Crippen LogP contribution >= 0.6 is 11.8 Å². The molecule has 0 aliphatic carbocycles. The number of nitrogen functional groups attached to an aromatic ring is 1. The summed E-state index contributed by atoms with van der Waals surface area (Å²) >= 11 is 1.73. The van der Waals surface area contributed by atoms with Gasteiger partial charge in [-0.05, 0) is 53.6 Å². The predicted octanol–water partition coefficient (Wildman–Crippen LogP) is 4.58. The van der Waals surface area contributed by atoms with Crippen molar-refractivity contribution in [1.29, 1.82) is 5.41 Å². The Morgan fingerprint density at radius 2 is 1.57 bits per heavy atom. The normalized spacial score (nSPS) is 10.7. The van der Waals surface area contributed by atoms with Crippen LogP contribution in [0.3, 0.4) is 0 Å². The molecule has 0 saturated heterocycles. The molecule has 21 heavy (non-hydrogen) atoms. The summed E-state index contributed by atoms with van der Waals surface area (Å²) in [6.45, 7) is 1.99. The molecule has 0 atom stereocenters. The SMILES string of the molecule is Cc1cc(Sc2ccc3ccccc3c2)ccc1C(=N)N. The van der Waals surface area contributed by atoms with E-state index in [1.54, 1.807) is 11.8 Å². The van der Waals surface area contributed by atoms with Gasteiger partial charge >= 0.3 is 0 Å². The number of benzene rings is 3. The van der Waals surface area contributed by atoms with Gasteiger partial charge in [-0.2, -0.15) is 0 Å². The Morgan fingerprint density at radius 3 is 2.29 bits per heavy atom. The fourth-order valence-corrected chi connectivity index (χ4v) is 3.33. The number of aryl methyl sites for hydroxylation is 1. The highest BCUT2D eigenvalue weighted by atomic mass is 32.2. The Hall–Kier alpha value is -2.26. The Balaban J connectivity index is 1.91. The minimum absolute atomic E-state index is 0.120. The van der Waals surface area contributed by atoms with E-state index in [9.17, 15) is 0 Å². The van der Waals surface area contributed by atoms with Crippen LogP contribution < -0.4 is 5.73 Å². The number of amidine groups is 1. The van der Waals surface area contributed by atoms with Crippen LogP contribution in [0.1, 0.15) is 11.1 Å². The summed E-state index contributed by atoms with van der Waals surface area (Å²) < 4.78 is 0. The van der Waals surface area contributed by atoms with Crippen molar-refractivity contribution in [2.75, 3.05) is 0 Å². The Kier molecular flexibility index (Phi) is 3.67. The molecule has 0 aliphatic rings. The monoisotopic (exact) mass is 292 g/mol. The molecule has 0 aromatic heterocycles. The number of nitrogens with one attached hydrogen (secondary N) is 1. The maximum atomic E-state index is 7.53. The first kappa shape index (κ1) is 13.7. The lowest BCUT2D eigenvalue weighted by molar-refractivity contribution is 1.30. The minimum Gasteiger partial charge on any atom is -0.384 e. The van der Waals surface area contributed by atoms with Gasteiger partial charge in [-0.3, -0.25) is 5.41 Å². The van der Waals surface area contributed by atoms with Gasteiger partial charge < -0.3 is 5.73 Å². The van der Waals surface area contributed by atoms with Gasteiger partial charge in [-0.1, -0.05) is 42.1 Å². The third-order valence-electron chi connectivity index (χ3n) is 3.44. The van der Waals surface area contributed by atoms with Crippen LogP contribution in [-0.4, -0.2) is 5.84 Å². The van der Waals surface area contributed by atoms with Gasteiger partial charge in [0.05, 0.1) is 0 Å². The van der Waals surface area contributed by atoms with Crippen LogP contribution in [0.2, 0.25) is 0 Å². The first-order chi connectivity index (χ1) is 10.1. The number of nitrogens with two attached hydrogens (primary N) is 1. The molecule has 0 unspecified atom stereocenters. The minimum atomic E-state index is 0.120. The molecule has 0 radical (unpaired) electrons. The number of hydrogen-bond donors (Lipinski definition) is 2. The smallest absolute Gasteiger partial charge is 0.123 e. The highest BCUT2D eigenvalue weighted by molar-refractivity contribution is 7.99. The fourth-order valence-electron chi connectivity index (χ4n) is 2.37. The van der Waals surface area contributed by atoms with Crippen molar-refractivity contribution < 1.29 is 0 Å². The van der Waals surface area contributed by atoms with Crippen molar-refractivity contribution in [2.45, 2.75) is 16.7 Å². The second kappa shape index (κ2) is 5.62. The van der Waals surface area contributed by atoms with E-state index in [0.717, 1.165) is 16.0 Å². The third kappa shape index (κ3) is 2.93. The summed E-state index contributed by atoms with van der Waals surface area (Å²) in [7, 11) is 0. The first-order valence-corrected chi connectivity index (χ1v) is 7.57. The molecular weight excluding hydrogens is 276 g/mol. The molecule has 0 spiro atoms. The molecule has 3 N–H and O–H groups in total. The number of hydrogen-bond acceptors (Lipinski definition) is 2. The molecule has 0 bridgehead atoms. The molecule has 0 fully saturated rings. The molecule has 3 aromatic carbocycles. The highest BCUT2D eigenvalue weighted by Gasteiger charge is 2.04. The van der Waals surface area contributed by atoms with E-state index in [1.807, 2.05) is 19.1 Å². The first-order valence-electron chi connectivity index (χ1n) is 6.75. The molecule has 0 aliphatic heterocycles. The summed E-state index contributed by atoms with van der Waals surface area (Å²) in [5, 5.41) is 10.0. The van der Waals surface area contributed by atoms with Gasteiger partial charge in [-0.25, -0.2) is 0 Å². The number of rotatable bonds is 3. The summed E-state index contributed by atoms with van der Waals surface area (Å²) in [5.41, 5.74) is 7.39. The zero-order valence-electron chi connectivity index (χ0n) is 11.8. The van der Waals surface area contributed by atoms with Crippen LogP contribution in [0.25, 0.3) is 10.8 Å². The molecule has 3 aromatic rings. The average Bonchev–Trinajstić information content (AvgIpc) is 2.47. The van der Waals surface area contributed by atoms with Gasteiger partial charge in [0.25, 0.3) is 0 Å². The van der Waals surface area contributed by atoms with Gasteiger partial charge in [0.15, 0.2) is 0 Å². The van der Waals surface area contributed by atoms with Crippen molar-refractivity contribution >= 4 is 28.4 Å². The van der Waals surface area contributed by atoms with Crippen LogP contribution in [0.4, 0.5) is 0 Å². The van der Waals surface area contributed by atoms with Crippen LogP contribution in [-0.2, 0) is 0 Å². The zero-order chi connectivity index (χ0) is 14.8. The summed E-state index contributed by atoms with van der Waals surface area (Å²) in [6, 6.07) is 20.9.